The molecule has 7 nitrogen and oxygen atoms in total. The molecule has 1 saturated heterocycles. The van der Waals surface area contributed by atoms with Crippen molar-refractivity contribution >= 4 is 40.4 Å². The zero-order valence-electron chi connectivity index (χ0n) is 18.2. The number of carbonyl (C=O) groups is 3. The van der Waals surface area contributed by atoms with E-state index in [9.17, 15) is 14.4 Å². The second kappa shape index (κ2) is 10.3. The normalized spacial score (nSPS) is 15.5. The lowest BCUT2D eigenvalue weighted by Gasteiger charge is -2.31. The van der Waals surface area contributed by atoms with Crippen molar-refractivity contribution in [3.63, 3.8) is 0 Å². The van der Waals surface area contributed by atoms with Gasteiger partial charge in [0.15, 0.2) is 0 Å². The molecule has 0 aliphatic carbocycles. The number of methoxy groups -OCH3 is 1. The second-order valence-corrected chi connectivity index (χ2v) is 8.76. The van der Waals surface area contributed by atoms with Gasteiger partial charge in [0.25, 0.3) is 11.8 Å². The van der Waals surface area contributed by atoms with E-state index in [1.165, 1.54) is 11.3 Å². The van der Waals surface area contributed by atoms with Gasteiger partial charge in [-0.1, -0.05) is 6.07 Å². The molecular weight excluding hydrogens is 438 g/mol. The zero-order chi connectivity index (χ0) is 23.2. The highest BCUT2D eigenvalue weighted by Crippen LogP contribution is 2.22. The van der Waals surface area contributed by atoms with Crippen molar-refractivity contribution in [1.29, 1.82) is 0 Å². The number of thiophene rings is 1. The van der Waals surface area contributed by atoms with Gasteiger partial charge in [-0.05, 0) is 72.8 Å². The number of anilines is 2. The van der Waals surface area contributed by atoms with Gasteiger partial charge in [-0.25, -0.2) is 0 Å². The van der Waals surface area contributed by atoms with Gasteiger partial charge in [-0.2, -0.15) is 0 Å². The number of benzene rings is 2. The van der Waals surface area contributed by atoms with E-state index >= 15 is 0 Å². The summed E-state index contributed by atoms with van der Waals surface area (Å²) in [6.45, 7) is 1.07. The summed E-state index contributed by atoms with van der Waals surface area (Å²) >= 11 is 1.41. The Kier molecular flexibility index (Phi) is 7.04. The van der Waals surface area contributed by atoms with Crippen LogP contribution in [0.4, 0.5) is 11.4 Å². The van der Waals surface area contributed by atoms with Crippen molar-refractivity contribution < 1.29 is 19.1 Å². The summed E-state index contributed by atoms with van der Waals surface area (Å²) in [5.41, 5.74) is 1.76. The largest absolute Gasteiger partial charge is 0.497 e. The maximum atomic E-state index is 12.8. The van der Waals surface area contributed by atoms with Crippen molar-refractivity contribution in [2.75, 3.05) is 30.8 Å². The molecule has 1 aliphatic rings. The van der Waals surface area contributed by atoms with Gasteiger partial charge in [0.2, 0.25) is 5.91 Å². The Labute approximate surface area is 196 Å². The predicted octanol–water partition coefficient (Wildman–Crippen LogP) is 4.50. The smallest absolute Gasteiger partial charge is 0.263 e. The van der Waals surface area contributed by atoms with Crippen molar-refractivity contribution in [3.8, 4) is 5.75 Å². The molecule has 2 heterocycles. The first-order chi connectivity index (χ1) is 16.0. The number of nitrogens with one attached hydrogen (secondary N) is 2. The summed E-state index contributed by atoms with van der Waals surface area (Å²) in [6, 6.07) is 17.5. The number of rotatable bonds is 6. The maximum Gasteiger partial charge on any atom is 0.263 e. The summed E-state index contributed by atoms with van der Waals surface area (Å²) in [7, 11) is 1.59. The molecule has 0 saturated carbocycles. The van der Waals surface area contributed by atoms with Crippen LogP contribution in [0, 0.1) is 5.92 Å². The Balaban J connectivity index is 1.32. The van der Waals surface area contributed by atoms with Crippen LogP contribution in [-0.4, -0.2) is 42.8 Å². The summed E-state index contributed by atoms with van der Waals surface area (Å²) in [4.78, 5) is 40.3. The quantitative estimate of drug-likeness (QED) is 0.563. The zero-order valence-corrected chi connectivity index (χ0v) is 19.1. The molecule has 0 bridgehead atoms. The van der Waals surface area contributed by atoms with E-state index in [-0.39, 0.29) is 23.6 Å². The van der Waals surface area contributed by atoms with Gasteiger partial charge in [0, 0.05) is 30.0 Å². The highest BCUT2D eigenvalue weighted by atomic mass is 32.1. The third-order valence-corrected chi connectivity index (χ3v) is 6.43. The number of hydrogen-bond donors (Lipinski definition) is 2. The molecule has 1 atom stereocenters. The van der Waals surface area contributed by atoms with Crippen LogP contribution in [-0.2, 0) is 4.79 Å². The Morgan fingerprint density at radius 1 is 0.970 bits per heavy atom. The minimum atomic E-state index is -0.263. The summed E-state index contributed by atoms with van der Waals surface area (Å²) in [5.74, 6) is 0.0719. The maximum absolute atomic E-state index is 12.8. The SMILES string of the molecule is COc1ccc(NC(=O)c2ccc(NC(=O)[C@H]3CCCN(C(=O)c4cccs4)C3)cc2)cc1. The lowest BCUT2D eigenvalue weighted by molar-refractivity contribution is -0.121. The van der Waals surface area contributed by atoms with Crippen LogP contribution >= 0.6 is 11.3 Å². The molecule has 0 unspecified atom stereocenters. The standard InChI is InChI=1S/C25H25N3O4S/c1-32-21-12-10-20(11-13-21)26-23(29)17-6-8-19(9-7-17)27-24(30)18-4-2-14-28(16-18)25(31)22-5-3-15-33-22/h3,5-13,15,18H,2,4,14,16H2,1H3,(H,26,29)(H,27,30)/t18-/m0/s1. The molecule has 1 aromatic heterocycles. The molecule has 4 rings (SSSR count). The number of carbonyl (C=O) groups excluding carboxylic acids is 3. The van der Waals surface area contributed by atoms with Crippen LogP contribution in [0.2, 0.25) is 0 Å². The van der Waals surface area contributed by atoms with Crippen LogP contribution in [0.25, 0.3) is 0 Å². The van der Waals surface area contributed by atoms with Gasteiger partial charge in [0.05, 0.1) is 17.9 Å². The average Bonchev–Trinajstić information content (AvgIpc) is 3.39. The van der Waals surface area contributed by atoms with Gasteiger partial charge in [-0.3, -0.25) is 14.4 Å². The van der Waals surface area contributed by atoms with E-state index in [1.807, 2.05) is 17.5 Å². The number of ether oxygens (including phenoxy) is 1. The lowest BCUT2D eigenvalue weighted by atomic mass is 9.96. The minimum Gasteiger partial charge on any atom is -0.497 e. The van der Waals surface area contributed by atoms with Gasteiger partial charge in [0.1, 0.15) is 5.75 Å². The molecular formula is C25H25N3O4S. The van der Waals surface area contributed by atoms with Crippen LogP contribution in [0.15, 0.2) is 66.0 Å². The lowest BCUT2D eigenvalue weighted by Crippen LogP contribution is -2.43. The topological polar surface area (TPSA) is 87.7 Å². The molecule has 0 spiro atoms. The molecule has 3 amide bonds. The third kappa shape index (κ3) is 5.59. The molecule has 3 aromatic rings. The van der Waals surface area contributed by atoms with E-state index < -0.39 is 0 Å². The van der Waals surface area contributed by atoms with E-state index in [0.29, 0.717) is 40.7 Å². The first-order valence-electron chi connectivity index (χ1n) is 10.7. The third-order valence-electron chi connectivity index (χ3n) is 5.57. The number of hydrogen-bond acceptors (Lipinski definition) is 5. The predicted molar refractivity (Wildman–Crippen MR) is 129 cm³/mol. The molecule has 2 N–H and O–H groups in total. The van der Waals surface area contributed by atoms with Crippen LogP contribution < -0.4 is 15.4 Å². The van der Waals surface area contributed by atoms with E-state index in [0.717, 1.165) is 12.8 Å². The number of likely N-dealkylation sites (tertiary alicyclic amines) is 1. The average molecular weight is 464 g/mol. The first-order valence-corrected chi connectivity index (χ1v) is 11.6. The van der Waals surface area contributed by atoms with Crippen molar-refractivity contribution in [1.82, 2.24) is 4.90 Å². The Morgan fingerprint density at radius 2 is 1.67 bits per heavy atom. The molecule has 8 heteroatoms. The van der Waals surface area contributed by atoms with Gasteiger partial charge >= 0.3 is 0 Å². The number of amides is 3. The minimum absolute atomic E-state index is 0.0188. The Hall–Kier alpha value is -3.65. The van der Waals surface area contributed by atoms with Gasteiger partial charge in [-0.15, -0.1) is 11.3 Å². The Bertz CT molecular complexity index is 1110. The van der Waals surface area contributed by atoms with Gasteiger partial charge < -0.3 is 20.3 Å². The number of nitrogens with zero attached hydrogens (tertiary/aromatic N) is 1. The highest BCUT2D eigenvalue weighted by molar-refractivity contribution is 7.12. The summed E-state index contributed by atoms with van der Waals surface area (Å²) in [5, 5.41) is 7.62. The first kappa shape index (κ1) is 22.5. The van der Waals surface area contributed by atoms with Crippen LogP contribution in [0.3, 0.4) is 0 Å². The summed E-state index contributed by atoms with van der Waals surface area (Å²) in [6.07, 6.45) is 1.53. The van der Waals surface area contributed by atoms with E-state index in [4.69, 9.17) is 4.74 Å². The van der Waals surface area contributed by atoms with Crippen molar-refractivity contribution in [2.45, 2.75) is 12.8 Å². The van der Waals surface area contributed by atoms with Crippen LogP contribution in [0.1, 0.15) is 32.9 Å². The monoisotopic (exact) mass is 463 g/mol. The molecule has 1 fully saturated rings. The van der Waals surface area contributed by atoms with Crippen LogP contribution in [0.5, 0.6) is 5.75 Å². The molecule has 1 aliphatic heterocycles. The summed E-state index contributed by atoms with van der Waals surface area (Å²) < 4.78 is 5.12. The fourth-order valence-electron chi connectivity index (χ4n) is 3.76. The molecule has 2 aromatic carbocycles. The molecule has 33 heavy (non-hydrogen) atoms. The highest BCUT2D eigenvalue weighted by Gasteiger charge is 2.29. The fourth-order valence-corrected chi connectivity index (χ4v) is 4.45. The molecule has 0 radical (unpaired) electrons. The van der Waals surface area contributed by atoms with Crippen molar-refractivity contribution in [2.24, 2.45) is 5.92 Å². The van der Waals surface area contributed by atoms with E-state index in [2.05, 4.69) is 10.6 Å². The fraction of sp³-hybridized carbons (Fsp3) is 0.240. The van der Waals surface area contributed by atoms with E-state index in [1.54, 1.807) is 60.5 Å². The number of piperidine rings is 1. The second-order valence-electron chi connectivity index (χ2n) is 7.82. The Morgan fingerprint density at radius 3 is 2.33 bits per heavy atom. The van der Waals surface area contributed by atoms with Crippen molar-refractivity contribution in [3.05, 3.63) is 76.5 Å². The molecule has 170 valence electrons.